The molecule has 0 radical (unpaired) electrons. The summed E-state index contributed by atoms with van der Waals surface area (Å²) in [6.07, 6.45) is 5.35. The maximum absolute atomic E-state index is 12.9. The Hall–Kier alpha value is -3.23. The number of carbonyl (C=O) groups is 2. The number of fused-ring (bicyclic) bond motifs is 1. The number of nitrogens with one attached hydrogen (secondary N) is 1. The number of morpholine rings is 1. The van der Waals surface area contributed by atoms with Crippen LogP contribution in [-0.4, -0.2) is 83.7 Å². The molecule has 34 heavy (non-hydrogen) atoms. The van der Waals surface area contributed by atoms with E-state index in [4.69, 9.17) is 4.74 Å². The van der Waals surface area contributed by atoms with Crippen molar-refractivity contribution in [2.75, 3.05) is 46.4 Å². The van der Waals surface area contributed by atoms with E-state index in [1.807, 2.05) is 41.4 Å². The van der Waals surface area contributed by atoms with Gasteiger partial charge in [0, 0.05) is 44.5 Å². The Kier molecular flexibility index (Phi) is 6.60. The van der Waals surface area contributed by atoms with Crippen LogP contribution < -0.4 is 5.32 Å². The van der Waals surface area contributed by atoms with Crippen molar-refractivity contribution in [1.82, 2.24) is 24.7 Å². The standard InChI is InChI=1S/C26H31N5O3/c1-29-13-14-34-22(18-29)16-27-25(32)23-17-28-31-12-9-21(15-24(23)31)19-7-10-30(11-8-19)26(33)20-5-3-2-4-6-20/h2-6,9,12,15,17,19,22H,7-8,10-11,13-14,16,18H2,1H3,(H,27,32)/t22-/m0/s1. The molecule has 8 nitrogen and oxygen atoms in total. The van der Waals surface area contributed by atoms with Gasteiger partial charge in [-0.3, -0.25) is 9.59 Å². The fourth-order valence-corrected chi connectivity index (χ4v) is 4.90. The number of hydrogen-bond donors (Lipinski definition) is 1. The molecule has 2 amide bonds. The number of nitrogens with zero attached hydrogens (tertiary/aromatic N) is 4. The third-order valence-electron chi connectivity index (χ3n) is 6.90. The Morgan fingerprint density at radius 2 is 1.91 bits per heavy atom. The number of likely N-dealkylation sites (tertiary alicyclic amines) is 1. The number of rotatable bonds is 5. The van der Waals surface area contributed by atoms with Crippen molar-refractivity contribution in [3.63, 3.8) is 0 Å². The number of carbonyl (C=O) groups excluding carboxylic acids is 2. The molecular weight excluding hydrogens is 430 g/mol. The summed E-state index contributed by atoms with van der Waals surface area (Å²) >= 11 is 0. The van der Waals surface area contributed by atoms with Crippen LogP contribution in [0, 0.1) is 0 Å². The van der Waals surface area contributed by atoms with E-state index in [-0.39, 0.29) is 17.9 Å². The van der Waals surface area contributed by atoms with Crippen molar-refractivity contribution in [1.29, 1.82) is 0 Å². The second kappa shape index (κ2) is 9.95. The van der Waals surface area contributed by atoms with E-state index in [0.29, 0.717) is 24.6 Å². The highest BCUT2D eigenvalue weighted by Crippen LogP contribution is 2.30. The zero-order valence-electron chi connectivity index (χ0n) is 19.5. The summed E-state index contributed by atoms with van der Waals surface area (Å²) in [5.41, 5.74) is 3.30. The van der Waals surface area contributed by atoms with Crippen LogP contribution in [0.5, 0.6) is 0 Å². The molecule has 0 spiro atoms. The van der Waals surface area contributed by atoms with Gasteiger partial charge >= 0.3 is 0 Å². The lowest BCUT2D eigenvalue weighted by Gasteiger charge is -2.32. The normalized spacial score (nSPS) is 19.9. The molecule has 0 unspecified atom stereocenters. The zero-order chi connectivity index (χ0) is 23.5. The Labute approximate surface area is 199 Å². The van der Waals surface area contributed by atoms with Gasteiger partial charge in [-0.05, 0) is 55.6 Å². The van der Waals surface area contributed by atoms with Crippen molar-refractivity contribution in [2.24, 2.45) is 0 Å². The molecular formula is C26H31N5O3. The van der Waals surface area contributed by atoms with Crippen LogP contribution in [0.3, 0.4) is 0 Å². The highest BCUT2D eigenvalue weighted by atomic mass is 16.5. The van der Waals surface area contributed by atoms with Crippen molar-refractivity contribution in [3.05, 3.63) is 71.5 Å². The number of aromatic nitrogens is 2. The van der Waals surface area contributed by atoms with Crippen LogP contribution in [0.25, 0.3) is 5.52 Å². The van der Waals surface area contributed by atoms with Gasteiger partial charge in [0.2, 0.25) is 0 Å². The number of ether oxygens (including phenoxy) is 1. The molecule has 1 N–H and O–H groups in total. The second-order valence-corrected chi connectivity index (χ2v) is 9.25. The predicted octanol–water partition coefficient (Wildman–Crippen LogP) is 2.41. The molecule has 0 bridgehead atoms. The maximum Gasteiger partial charge on any atom is 0.255 e. The molecule has 3 aromatic rings. The van der Waals surface area contributed by atoms with Crippen LogP contribution in [0.15, 0.2) is 54.9 Å². The minimum atomic E-state index is -0.132. The molecule has 2 fully saturated rings. The molecule has 8 heteroatoms. The molecule has 1 atom stereocenters. The Balaban J connectivity index is 1.23. The van der Waals surface area contributed by atoms with Gasteiger partial charge in [0.05, 0.1) is 30.0 Å². The fourth-order valence-electron chi connectivity index (χ4n) is 4.90. The first-order valence-corrected chi connectivity index (χ1v) is 12.0. The van der Waals surface area contributed by atoms with Crippen molar-refractivity contribution < 1.29 is 14.3 Å². The third-order valence-corrected chi connectivity index (χ3v) is 6.90. The largest absolute Gasteiger partial charge is 0.374 e. The van der Waals surface area contributed by atoms with E-state index in [9.17, 15) is 9.59 Å². The van der Waals surface area contributed by atoms with Gasteiger partial charge < -0.3 is 19.9 Å². The topological polar surface area (TPSA) is 79.2 Å². The molecule has 1 aromatic carbocycles. The molecule has 178 valence electrons. The number of pyridine rings is 1. The summed E-state index contributed by atoms with van der Waals surface area (Å²) in [5, 5.41) is 7.38. The lowest BCUT2D eigenvalue weighted by molar-refractivity contribution is -0.0174. The molecule has 2 aliphatic rings. The van der Waals surface area contributed by atoms with Crippen molar-refractivity contribution in [3.8, 4) is 0 Å². The Morgan fingerprint density at radius 3 is 2.68 bits per heavy atom. The lowest BCUT2D eigenvalue weighted by Crippen LogP contribution is -2.45. The van der Waals surface area contributed by atoms with Gasteiger partial charge in [-0.25, -0.2) is 4.52 Å². The number of piperidine rings is 1. The molecule has 0 saturated carbocycles. The summed E-state index contributed by atoms with van der Waals surface area (Å²) in [7, 11) is 2.06. The van der Waals surface area contributed by atoms with Crippen molar-refractivity contribution >= 4 is 17.3 Å². The average Bonchev–Trinajstić information content (AvgIpc) is 3.31. The third kappa shape index (κ3) is 4.83. The van der Waals surface area contributed by atoms with Gasteiger partial charge in [-0.2, -0.15) is 5.10 Å². The van der Waals surface area contributed by atoms with Gasteiger partial charge in [0.1, 0.15) is 0 Å². The lowest BCUT2D eigenvalue weighted by atomic mass is 9.89. The summed E-state index contributed by atoms with van der Waals surface area (Å²) in [5.74, 6) is 0.312. The van der Waals surface area contributed by atoms with E-state index in [0.717, 1.165) is 50.1 Å². The van der Waals surface area contributed by atoms with E-state index >= 15 is 0 Å². The molecule has 2 aromatic heterocycles. The van der Waals surface area contributed by atoms with E-state index in [2.05, 4.69) is 34.5 Å². The van der Waals surface area contributed by atoms with Crippen LogP contribution in [-0.2, 0) is 4.74 Å². The van der Waals surface area contributed by atoms with Gasteiger partial charge in [0.15, 0.2) is 0 Å². The second-order valence-electron chi connectivity index (χ2n) is 9.25. The number of likely N-dealkylation sites (N-methyl/N-ethyl adjacent to an activating group) is 1. The van der Waals surface area contributed by atoms with Gasteiger partial charge in [0.25, 0.3) is 11.8 Å². The zero-order valence-corrected chi connectivity index (χ0v) is 19.5. The fraction of sp³-hybridized carbons (Fsp3) is 0.423. The maximum atomic E-state index is 12.9. The predicted molar refractivity (Wildman–Crippen MR) is 129 cm³/mol. The van der Waals surface area contributed by atoms with Crippen LogP contribution >= 0.6 is 0 Å². The highest BCUT2D eigenvalue weighted by Gasteiger charge is 2.25. The van der Waals surface area contributed by atoms with E-state index in [1.165, 1.54) is 5.56 Å². The van der Waals surface area contributed by atoms with E-state index in [1.54, 1.807) is 10.7 Å². The first-order chi connectivity index (χ1) is 16.6. The average molecular weight is 462 g/mol. The number of benzene rings is 1. The first kappa shape index (κ1) is 22.6. The number of hydrogen-bond acceptors (Lipinski definition) is 5. The quantitative estimate of drug-likeness (QED) is 0.631. The first-order valence-electron chi connectivity index (χ1n) is 12.0. The molecule has 2 saturated heterocycles. The van der Waals surface area contributed by atoms with E-state index < -0.39 is 0 Å². The molecule has 5 rings (SSSR count). The minimum Gasteiger partial charge on any atom is -0.374 e. The summed E-state index contributed by atoms with van der Waals surface area (Å²) in [6.45, 7) is 4.35. The van der Waals surface area contributed by atoms with Crippen LogP contribution in [0.4, 0.5) is 0 Å². The van der Waals surface area contributed by atoms with Crippen LogP contribution in [0.1, 0.15) is 45.0 Å². The summed E-state index contributed by atoms with van der Waals surface area (Å²) in [4.78, 5) is 29.8. The summed E-state index contributed by atoms with van der Waals surface area (Å²) in [6, 6.07) is 13.6. The van der Waals surface area contributed by atoms with Crippen molar-refractivity contribution in [2.45, 2.75) is 24.9 Å². The molecule has 0 aliphatic carbocycles. The smallest absolute Gasteiger partial charge is 0.255 e. The Bertz CT molecular complexity index is 1150. The van der Waals surface area contributed by atoms with Crippen LogP contribution in [0.2, 0.25) is 0 Å². The minimum absolute atomic E-state index is 0.00359. The highest BCUT2D eigenvalue weighted by molar-refractivity contribution is 6.00. The van der Waals surface area contributed by atoms with Gasteiger partial charge in [-0.15, -0.1) is 0 Å². The molecule has 2 aliphatic heterocycles. The summed E-state index contributed by atoms with van der Waals surface area (Å²) < 4.78 is 7.50. The number of amides is 2. The SMILES string of the molecule is CN1CCO[C@@H](CNC(=O)c2cnn3ccc(C4CCN(C(=O)c5ccccc5)CC4)cc23)C1. The Morgan fingerprint density at radius 1 is 1.12 bits per heavy atom. The van der Waals surface area contributed by atoms with Gasteiger partial charge in [-0.1, -0.05) is 18.2 Å². The molecule has 4 heterocycles. The monoisotopic (exact) mass is 461 g/mol.